The maximum absolute atomic E-state index is 11.3. The highest BCUT2D eigenvalue weighted by molar-refractivity contribution is 5.86. The van der Waals surface area contributed by atoms with E-state index in [1.165, 1.54) is 6.92 Å². The van der Waals surface area contributed by atoms with Crippen LogP contribution in [0.2, 0.25) is 0 Å². The van der Waals surface area contributed by atoms with Crippen LogP contribution in [0.4, 0.5) is 4.79 Å². The monoisotopic (exact) mass is 231 g/mol. The van der Waals surface area contributed by atoms with Crippen LogP contribution in [0.25, 0.3) is 0 Å². The summed E-state index contributed by atoms with van der Waals surface area (Å²) in [5, 5.41) is 2.55. The zero-order valence-electron chi connectivity index (χ0n) is 11.5. The summed E-state index contributed by atoms with van der Waals surface area (Å²) in [7, 11) is 0. The van der Waals surface area contributed by atoms with Crippen molar-refractivity contribution in [1.82, 2.24) is 5.32 Å². The second kappa shape index (κ2) is 8.13. The first-order valence-electron chi connectivity index (χ1n) is 5.72. The molecule has 1 amide bonds. The van der Waals surface area contributed by atoms with E-state index in [-0.39, 0.29) is 11.2 Å². The Hall–Kier alpha value is -1.06. The molecule has 4 nitrogen and oxygen atoms in total. The van der Waals surface area contributed by atoms with Crippen LogP contribution in [0, 0.1) is 5.41 Å². The van der Waals surface area contributed by atoms with E-state index in [0.29, 0.717) is 6.61 Å². The molecule has 1 unspecified atom stereocenters. The number of Topliss-reactive ketones (excluding diaryl/α,β-unsaturated/α-hetero) is 1. The van der Waals surface area contributed by atoms with Gasteiger partial charge in [-0.15, -0.1) is 0 Å². The number of carbonyl (C=O) groups excluding carboxylic acids is 2. The molecule has 0 saturated carbocycles. The van der Waals surface area contributed by atoms with Crippen molar-refractivity contribution in [1.29, 1.82) is 0 Å². The summed E-state index contributed by atoms with van der Waals surface area (Å²) in [5.74, 6) is -0.0643. The van der Waals surface area contributed by atoms with Crippen LogP contribution in [-0.4, -0.2) is 24.5 Å². The molecule has 0 aliphatic rings. The summed E-state index contributed by atoms with van der Waals surface area (Å²) in [6.07, 6.45) is -0.539. The fourth-order valence-electron chi connectivity index (χ4n) is 1.22. The largest absolute Gasteiger partial charge is 0.450 e. The Morgan fingerprint density at radius 2 is 1.69 bits per heavy atom. The van der Waals surface area contributed by atoms with Crippen LogP contribution in [0.15, 0.2) is 0 Å². The quantitative estimate of drug-likeness (QED) is 0.812. The molecule has 0 bridgehead atoms. The summed E-state index contributed by atoms with van der Waals surface area (Å²) in [4.78, 5) is 22.4. The number of alkyl carbamates (subject to hydrolysis) is 1. The molecule has 96 valence electrons. The maximum atomic E-state index is 11.3. The molecule has 1 atom stereocenters. The number of carbonyl (C=O) groups is 2. The van der Waals surface area contributed by atoms with Crippen molar-refractivity contribution in [2.75, 3.05) is 6.61 Å². The molecule has 0 aromatic rings. The molecular weight excluding hydrogens is 206 g/mol. The molecule has 0 fully saturated rings. The van der Waals surface area contributed by atoms with E-state index in [1.807, 2.05) is 34.6 Å². The highest BCUT2D eigenvalue weighted by Crippen LogP contribution is 2.19. The van der Waals surface area contributed by atoms with Gasteiger partial charge in [0, 0.05) is 0 Å². The van der Waals surface area contributed by atoms with Crippen LogP contribution < -0.4 is 5.32 Å². The summed E-state index contributed by atoms with van der Waals surface area (Å²) >= 11 is 0. The van der Waals surface area contributed by atoms with Gasteiger partial charge in [0.1, 0.15) is 0 Å². The standard InChI is InChI=1S/C10H19NO3.C2H6/c1-6-14-9(13)11-8(7(2)12)10(3,4)5;1-2/h8H,6H2,1-5H3,(H,11,13);1-2H3. The van der Waals surface area contributed by atoms with E-state index in [1.54, 1.807) is 6.92 Å². The SMILES string of the molecule is CC.CCOC(=O)NC(C(C)=O)C(C)(C)C. The summed E-state index contributed by atoms with van der Waals surface area (Å²) in [6.45, 7) is 13.2. The molecule has 4 heteroatoms. The van der Waals surface area contributed by atoms with Crippen LogP contribution in [0.3, 0.4) is 0 Å². The number of ketones is 1. The van der Waals surface area contributed by atoms with Crippen molar-refractivity contribution in [3.05, 3.63) is 0 Å². The van der Waals surface area contributed by atoms with E-state index in [2.05, 4.69) is 5.32 Å². The van der Waals surface area contributed by atoms with Gasteiger partial charge in [0.25, 0.3) is 0 Å². The highest BCUT2D eigenvalue weighted by Gasteiger charge is 2.30. The second-order valence-electron chi connectivity index (χ2n) is 4.27. The highest BCUT2D eigenvalue weighted by atomic mass is 16.5. The van der Waals surface area contributed by atoms with Gasteiger partial charge in [-0.05, 0) is 19.3 Å². The number of ether oxygens (including phenoxy) is 1. The van der Waals surface area contributed by atoms with Gasteiger partial charge in [-0.1, -0.05) is 34.6 Å². The van der Waals surface area contributed by atoms with Gasteiger partial charge in [0.05, 0.1) is 12.6 Å². The lowest BCUT2D eigenvalue weighted by atomic mass is 9.85. The van der Waals surface area contributed by atoms with Crippen molar-refractivity contribution >= 4 is 11.9 Å². The molecule has 16 heavy (non-hydrogen) atoms. The van der Waals surface area contributed by atoms with Crippen molar-refractivity contribution in [3.63, 3.8) is 0 Å². The van der Waals surface area contributed by atoms with Crippen LogP contribution >= 0.6 is 0 Å². The summed E-state index contributed by atoms with van der Waals surface area (Å²) in [6, 6.07) is -0.499. The van der Waals surface area contributed by atoms with Gasteiger partial charge < -0.3 is 10.1 Å². The molecule has 0 radical (unpaired) electrons. The third-order valence-corrected chi connectivity index (χ3v) is 1.81. The summed E-state index contributed by atoms with van der Waals surface area (Å²) < 4.78 is 4.72. The van der Waals surface area contributed by atoms with Crippen molar-refractivity contribution in [2.24, 2.45) is 5.41 Å². The minimum Gasteiger partial charge on any atom is -0.450 e. The molecule has 0 heterocycles. The fraction of sp³-hybridized carbons (Fsp3) is 0.833. The Labute approximate surface area is 98.7 Å². The first-order chi connectivity index (χ1) is 7.29. The van der Waals surface area contributed by atoms with Crippen LogP contribution in [-0.2, 0) is 9.53 Å². The zero-order chi connectivity index (χ0) is 13.4. The molecule has 0 spiro atoms. The normalized spacial score (nSPS) is 11.9. The third kappa shape index (κ3) is 7.26. The molecule has 0 aromatic heterocycles. The molecule has 0 aromatic carbocycles. The lowest BCUT2D eigenvalue weighted by molar-refractivity contribution is -0.121. The average molecular weight is 231 g/mol. The fourth-order valence-corrected chi connectivity index (χ4v) is 1.22. The summed E-state index contributed by atoms with van der Waals surface area (Å²) in [5.41, 5.74) is -0.293. The van der Waals surface area contributed by atoms with E-state index >= 15 is 0 Å². The van der Waals surface area contributed by atoms with Crippen molar-refractivity contribution in [2.45, 2.75) is 54.5 Å². The topological polar surface area (TPSA) is 55.4 Å². The Bertz CT molecular complexity index is 219. The average Bonchev–Trinajstić information content (AvgIpc) is 2.15. The number of nitrogens with one attached hydrogen (secondary N) is 1. The first kappa shape index (κ1) is 17.3. The molecular formula is C12H25NO3. The molecule has 0 rings (SSSR count). The molecule has 0 aliphatic heterocycles. The van der Waals surface area contributed by atoms with Gasteiger partial charge in [0.15, 0.2) is 5.78 Å². The van der Waals surface area contributed by atoms with Crippen molar-refractivity contribution in [3.8, 4) is 0 Å². The van der Waals surface area contributed by atoms with E-state index < -0.39 is 12.1 Å². The Balaban J connectivity index is 0. The predicted octanol–water partition coefficient (Wildman–Crippen LogP) is 2.76. The Kier molecular flexibility index (Phi) is 8.81. The Morgan fingerprint density at radius 3 is 1.94 bits per heavy atom. The minimum absolute atomic E-state index is 0.0643. The second-order valence-corrected chi connectivity index (χ2v) is 4.27. The number of hydrogen-bond acceptors (Lipinski definition) is 3. The van der Waals surface area contributed by atoms with Crippen LogP contribution in [0.5, 0.6) is 0 Å². The lowest BCUT2D eigenvalue weighted by Crippen LogP contribution is -2.48. The minimum atomic E-state index is -0.539. The maximum Gasteiger partial charge on any atom is 0.407 e. The van der Waals surface area contributed by atoms with Gasteiger partial charge in [0.2, 0.25) is 0 Å². The van der Waals surface area contributed by atoms with Gasteiger partial charge >= 0.3 is 6.09 Å². The molecule has 1 N–H and O–H groups in total. The third-order valence-electron chi connectivity index (χ3n) is 1.81. The Morgan fingerprint density at radius 1 is 1.25 bits per heavy atom. The van der Waals surface area contributed by atoms with E-state index in [4.69, 9.17) is 4.74 Å². The number of amides is 1. The van der Waals surface area contributed by atoms with E-state index in [9.17, 15) is 9.59 Å². The van der Waals surface area contributed by atoms with Gasteiger partial charge in [-0.25, -0.2) is 4.79 Å². The van der Waals surface area contributed by atoms with Gasteiger partial charge in [-0.2, -0.15) is 0 Å². The lowest BCUT2D eigenvalue weighted by Gasteiger charge is -2.28. The smallest absolute Gasteiger partial charge is 0.407 e. The predicted molar refractivity (Wildman–Crippen MR) is 65.4 cm³/mol. The molecule has 0 aliphatic carbocycles. The molecule has 0 saturated heterocycles. The van der Waals surface area contributed by atoms with Crippen molar-refractivity contribution < 1.29 is 14.3 Å². The zero-order valence-corrected chi connectivity index (χ0v) is 11.5. The van der Waals surface area contributed by atoms with Gasteiger partial charge in [-0.3, -0.25) is 4.79 Å². The van der Waals surface area contributed by atoms with E-state index in [0.717, 1.165) is 0 Å². The number of hydrogen-bond donors (Lipinski definition) is 1. The first-order valence-corrected chi connectivity index (χ1v) is 5.72. The van der Waals surface area contributed by atoms with Crippen LogP contribution in [0.1, 0.15) is 48.5 Å². The number of rotatable bonds is 3.